The third kappa shape index (κ3) is 4.61. The molecule has 0 saturated heterocycles. The van der Waals surface area contributed by atoms with Crippen LogP contribution in [0.4, 0.5) is 11.4 Å². The molecule has 0 spiro atoms. The zero-order chi connectivity index (χ0) is 19.2. The number of anilines is 2. The summed E-state index contributed by atoms with van der Waals surface area (Å²) < 4.78 is 1.86. The van der Waals surface area contributed by atoms with Crippen LogP contribution in [0.2, 0.25) is 0 Å². The Morgan fingerprint density at radius 3 is 2.37 bits per heavy atom. The number of carbonyl (C=O) groups excluding carboxylic acids is 2. The molecule has 0 aliphatic rings. The quantitative estimate of drug-likeness (QED) is 0.702. The molecule has 0 aliphatic heterocycles. The van der Waals surface area contributed by atoms with E-state index in [1.807, 2.05) is 41.9 Å². The maximum absolute atomic E-state index is 12.7. The first-order valence-electron chi connectivity index (χ1n) is 8.84. The monoisotopic (exact) mass is 362 g/mol. The number of rotatable bonds is 6. The molecule has 2 N–H and O–H groups in total. The Labute approximate surface area is 158 Å². The smallest absolute Gasteiger partial charge is 0.259 e. The van der Waals surface area contributed by atoms with E-state index in [0.717, 1.165) is 11.3 Å². The maximum atomic E-state index is 12.7. The number of carbonyl (C=O) groups is 2. The van der Waals surface area contributed by atoms with Gasteiger partial charge in [0.05, 0.1) is 24.0 Å². The molecule has 6 heteroatoms. The number of benzene rings is 2. The molecule has 0 aliphatic carbocycles. The zero-order valence-electron chi connectivity index (χ0n) is 15.4. The fraction of sp³-hybridized carbons (Fsp3) is 0.190. The van der Waals surface area contributed by atoms with Crippen molar-refractivity contribution in [2.45, 2.75) is 26.8 Å². The van der Waals surface area contributed by atoms with Gasteiger partial charge >= 0.3 is 0 Å². The van der Waals surface area contributed by atoms with Gasteiger partial charge in [-0.3, -0.25) is 14.3 Å². The minimum atomic E-state index is -0.217. The highest BCUT2D eigenvalue weighted by Crippen LogP contribution is 2.18. The van der Waals surface area contributed by atoms with Crippen LogP contribution in [0.15, 0.2) is 60.8 Å². The highest BCUT2D eigenvalue weighted by molar-refractivity contribution is 6.05. The van der Waals surface area contributed by atoms with Crippen LogP contribution in [0.3, 0.4) is 0 Å². The summed E-state index contributed by atoms with van der Waals surface area (Å²) in [6.45, 7) is 4.07. The standard InChI is InChI=1S/C21H22N4O2/c1-3-20-19(13-22-25(20)14-16-8-5-4-6-9-16)21(27)24-18-11-7-10-17(12-18)23-15(2)26/h4-13H,3,14H2,1-2H3,(H,23,26)(H,24,27). The summed E-state index contributed by atoms with van der Waals surface area (Å²) in [5.74, 6) is -0.375. The van der Waals surface area contributed by atoms with E-state index < -0.39 is 0 Å². The molecular weight excluding hydrogens is 340 g/mol. The molecule has 2 amide bonds. The van der Waals surface area contributed by atoms with Crippen molar-refractivity contribution in [1.29, 1.82) is 0 Å². The fourth-order valence-electron chi connectivity index (χ4n) is 2.94. The van der Waals surface area contributed by atoms with E-state index in [9.17, 15) is 9.59 Å². The van der Waals surface area contributed by atoms with E-state index in [0.29, 0.717) is 29.9 Å². The second-order valence-electron chi connectivity index (χ2n) is 6.22. The van der Waals surface area contributed by atoms with Crippen LogP contribution in [0, 0.1) is 0 Å². The average Bonchev–Trinajstić information content (AvgIpc) is 3.05. The Bertz CT molecular complexity index is 948. The predicted molar refractivity (Wildman–Crippen MR) is 106 cm³/mol. The highest BCUT2D eigenvalue weighted by Gasteiger charge is 2.16. The molecule has 3 aromatic rings. The highest BCUT2D eigenvalue weighted by atomic mass is 16.2. The summed E-state index contributed by atoms with van der Waals surface area (Å²) in [6.07, 6.45) is 2.30. The van der Waals surface area contributed by atoms with Crippen LogP contribution in [0.25, 0.3) is 0 Å². The van der Waals surface area contributed by atoms with Gasteiger partial charge in [-0.2, -0.15) is 5.10 Å². The predicted octanol–water partition coefficient (Wildman–Crippen LogP) is 3.70. The first kappa shape index (κ1) is 18.4. The summed E-state index contributed by atoms with van der Waals surface area (Å²) in [7, 11) is 0. The minimum absolute atomic E-state index is 0.158. The van der Waals surface area contributed by atoms with E-state index in [1.165, 1.54) is 6.92 Å². The molecule has 6 nitrogen and oxygen atoms in total. The largest absolute Gasteiger partial charge is 0.326 e. The molecule has 3 rings (SSSR count). The lowest BCUT2D eigenvalue weighted by atomic mass is 10.1. The number of aromatic nitrogens is 2. The minimum Gasteiger partial charge on any atom is -0.326 e. The molecule has 0 atom stereocenters. The third-order valence-electron chi connectivity index (χ3n) is 4.14. The molecule has 2 aromatic carbocycles. The molecule has 0 radical (unpaired) electrons. The van der Waals surface area contributed by atoms with E-state index in [2.05, 4.69) is 15.7 Å². The normalized spacial score (nSPS) is 10.4. The Balaban J connectivity index is 1.78. The Kier molecular flexibility index (Phi) is 5.66. The topological polar surface area (TPSA) is 76.0 Å². The van der Waals surface area contributed by atoms with E-state index in [-0.39, 0.29) is 11.8 Å². The van der Waals surface area contributed by atoms with Gasteiger partial charge < -0.3 is 10.6 Å². The average molecular weight is 362 g/mol. The van der Waals surface area contributed by atoms with Crippen molar-refractivity contribution >= 4 is 23.2 Å². The first-order chi connectivity index (χ1) is 13.1. The molecule has 138 valence electrons. The molecule has 0 bridgehead atoms. The van der Waals surface area contributed by atoms with Crippen molar-refractivity contribution in [2.24, 2.45) is 0 Å². The molecule has 0 fully saturated rings. The maximum Gasteiger partial charge on any atom is 0.259 e. The van der Waals surface area contributed by atoms with Crippen LogP contribution in [0.5, 0.6) is 0 Å². The Morgan fingerprint density at radius 1 is 1.00 bits per heavy atom. The fourth-order valence-corrected chi connectivity index (χ4v) is 2.94. The van der Waals surface area contributed by atoms with Crippen molar-refractivity contribution in [3.8, 4) is 0 Å². The number of hydrogen-bond donors (Lipinski definition) is 2. The van der Waals surface area contributed by atoms with E-state index in [1.54, 1.807) is 30.5 Å². The van der Waals surface area contributed by atoms with Crippen molar-refractivity contribution in [1.82, 2.24) is 9.78 Å². The lowest BCUT2D eigenvalue weighted by Crippen LogP contribution is -2.15. The SMILES string of the molecule is CCc1c(C(=O)Nc2cccc(NC(C)=O)c2)cnn1Cc1ccccc1. The van der Waals surface area contributed by atoms with E-state index in [4.69, 9.17) is 0 Å². The number of nitrogens with one attached hydrogen (secondary N) is 2. The lowest BCUT2D eigenvalue weighted by Gasteiger charge is -2.10. The molecule has 1 heterocycles. The van der Waals surface area contributed by atoms with E-state index >= 15 is 0 Å². The molecule has 0 saturated carbocycles. The van der Waals surface area contributed by atoms with Crippen molar-refractivity contribution in [3.05, 3.63) is 77.6 Å². The van der Waals surface area contributed by atoms with Crippen LogP contribution < -0.4 is 10.6 Å². The summed E-state index contributed by atoms with van der Waals surface area (Å²) in [5.41, 5.74) is 3.82. The summed E-state index contributed by atoms with van der Waals surface area (Å²) in [6, 6.07) is 17.1. The van der Waals surface area contributed by atoms with Crippen molar-refractivity contribution in [2.75, 3.05) is 10.6 Å². The second-order valence-corrected chi connectivity index (χ2v) is 6.22. The molecular formula is C21H22N4O2. The Hall–Kier alpha value is -3.41. The van der Waals surface area contributed by atoms with Gasteiger partial charge in [0.25, 0.3) is 5.91 Å². The number of nitrogens with zero attached hydrogens (tertiary/aromatic N) is 2. The number of amides is 2. The zero-order valence-corrected chi connectivity index (χ0v) is 15.4. The van der Waals surface area contributed by atoms with Crippen molar-refractivity contribution in [3.63, 3.8) is 0 Å². The lowest BCUT2D eigenvalue weighted by molar-refractivity contribution is -0.114. The van der Waals surface area contributed by atoms with Crippen LogP contribution >= 0.6 is 0 Å². The summed E-state index contributed by atoms with van der Waals surface area (Å²) in [4.78, 5) is 23.9. The van der Waals surface area contributed by atoms with Gasteiger partial charge in [0, 0.05) is 18.3 Å². The summed E-state index contributed by atoms with van der Waals surface area (Å²) >= 11 is 0. The van der Waals surface area contributed by atoms with Gasteiger partial charge in [-0.1, -0.05) is 43.3 Å². The summed E-state index contributed by atoms with van der Waals surface area (Å²) in [5, 5.41) is 9.99. The number of hydrogen-bond acceptors (Lipinski definition) is 3. The van der Waals surface area contributed by atoms with Gasteiger partial charge in [0.15, 0.2) is 0 Å². The first-order valence-corrected chi connectivity index (χ1v) is 8.84. The Morgan fingerprint density at radius 2 is 1.70 bits per heavy atom. The van der Waals surface area contributed by atoms with Crippen LogP contribution in [0.1, 0.15) is 35.5 Å². The van der Waals surface area contributed by atoms with Crippen LogP contribution in [-0.2, 0) is 17.8 Å². The molecule has 1 aromatic heterocycles. The van der Waals surface area contributed by atoms with Crippen LogP contribution in [-0.4, -0.2) is 21.6 Å². The second kappa shape index (κ2) is 8.31. The third-order valence-corrected chi connectivity index (χ3v) is 4.14. The van der Waals surface area contributed by atoms with Gasteiger partial charge in [-0.05, 0) is 30.2 Å². The molecule has 0 unspecified atom stereocenters. The van der Waals surface area contributed by atoms with Gasteiger partial charge in [-0.15, -0.1) is 0 Å². The van der Waals surface area contributed by atoms with Gasteiger partial charge in [-0.25, -0.2) is 0 Å². The van der Waals surface area contributed by atoms with Crippen molar-refractivity contribution < 1.29 is 9.59 Å². The molecule has 27 heavy (non-hydrogen) atoms. The van der Waals surface area contributed by atoms with Gasteiger partial charge in [0.2, 0.25) is 5.91 Å². The van der Waals surface area contributed by atoms with Gasteiger partial charge in [0.1, 0.15) is 0 Å².